The van der Waals surface area contributed by atoms with Gasteiger partial charge < -0.3 is 14.7 Å². The Kier molecular flexibility index (Phi) is 4.32. The summed E-state index contributed by atoms with van der Waals surface area (Å²) in [5.41, 5.74) is 0.863. The van der Waals surface area contributed by atoms with Crippen LogP contribution in [0.1, 0.15) is 29.3 Å². The first-order valence-corrected chi connectivity index (χ1v) is 7.09. The third-order valence-corrected chi connectivity index (χ3v) is 4.00. The molecule has 1 atom stereocenters. The highest BCUT2D eigenvalue weighted by atomic mass is 79.9. The third kappa shape index (κ3) is 2.95. The number of methoxy groups -OCH3 is 1. The summed E-state index contributed by atoms with van der Waals surface area (Å²) in [4.78, 5) is 25.0. The summed E-state index contributed by atoms with van der Waals surface area (Å²) in [5, 5.41) is 10.0. The predicted molar refractivity (Wildman–Crippen MR) is 76.3 cm³/mol. The van der Waals surface area contributed by atoms with E-state index in [2.05, 4.69) is 20.7 Å². The van der Waals surface area contributed by atoms with Gasteiger partial charge in [0.1, 0.15) is 5.75 Å². The molecule has 1 fully saturated rings. The van der Waals surface area contributed by atoms with E-state index in [9.17, 15) is 14.7 Å². The summed E-state index contributed by atoms with van der Waals surface area (Å²) >= 11 is 3.28. The summed E-state index contributed by atoms with van der Waals surface area (Å²) in [6.07, 6.45) is 0.544. The van der Waals surface area contributed by atoms with E-state index in [1.165, 1.54) is 13.2 Å². The Bertz CT molecular complexity index is 558. The van der Waals surface area contributed by atoms with Gasteiger partial charge in [0.15, 0.2) is 0 Å². The Balaban J connectivity index is 2.23. The molecule has 0 saturated carbocycles. The Labute approximate surface area is 125 Å². The van der Waals surface area contributed by atoms with Crippen molar-refractivity contribution in [2.75, 3.05) is 13.7 Å². The lowest BCUT2D eigenvalue weighted by Gasteiger charge is -2.17. The minimum atomic E-state index is -0.524. The fraction of sp³-hybridized carbons (Fsp3) is 0.429. The Morgan fingerprint density at radius 1 is 1.55 bits per heavy atom. The standard InChI is InChI=1S/C14H16BrNO4/c1-8-3-13(18)16(6-8)7-9-4-11(15)10(5-12(9)17)14(19)20-2/h4-5,8,17H,3,6-7H2,1-2H3. The number of carbonyl (C=O) groups excluding carboxylic acids is 2. The number of rotatable bonds is 3. The maximum Gasteiger partial charge on any atom is 0.339 e. The van der Waals surface area contributed by atoms with E-state index < -0.39 is 5.97 Å². The van der Waals surface area contributed by atoms with Gasteiger partial charge in [0.05, 0.1) is 12.7 Å². The first-order valence-electron chi connectivity index (χ1n) is 6.29. The molecule has 1 aliphatic rings. The second-order valence-corrected chi connectivity index (χ2v) is 5.89. The van der Waals surface area contributed by atoms with Crippen molar-refractivity contribution in [3.05, 3.63) is 27.7 Å². The SMILES string of the molecule is COC(=O)c1cc(O)c(CN2CC(C)CC2=O)cc1Br. The Hall–Kier alpha value is -1.56. The van der Waals surface area contributed by atoms with Gasteiger partial charge >= 0.3 is 5.97 Å². The van der Waals surface area contributed by atoms with E-state index in [4.69, 9.17) is 0 Å². The molecule has 6 heteroatoms. The molecule has 0 aliphatic carbocycles. The molecule has 1 N–H and O–H groups in total. The van der Waals surface area contributed by atoms with E-state index in [0.29, 0.717) is 35.5 Å². The van der Waals surface area contributed by atoms with E-state index in [1.54, 1.807) is 11.0 Å². The van der Waals surface area contributed by atoms with Gasteiger partial charge in [-0.25, -0.2) is 4.79 Å². The molecule has 1 saturated heterocycles. The summed E-state index contributed by atoms with van der Waals surface area (Å²) in [6.45, 7) is 3.05. The number of likely N-dealkylation sites (tertiary alicyclic amines) is 1. The average Bonchev–Trinajstić information content (AvgIpc) is 2.71. The van der Waals surface area contributed by atoms with Crippen molar-refractivity contribution in [1.82, 2.24) is 4.90 Å². The van der Waals surface area contributed by atoms with Crippen LogP contribution < -0.4 is 0 Å². The van der Waals surface area contributed by atoms with Gasteiger partial charge in [0.25, 0.3) is 0 Å². The van der Waals surface area contributed by atoms with Crippen molar-refractivity contribution in [3.8, 4) is 5.75 Å². The van der Waals surface area contributed by atoms with Crippen molar-refractivity contribution in [1.29, 1.82) is 0 Å². The molecule has 20 heavy (non-hydrogen) atoms. The number of phenols is 1. The second kappa shape index (κ2) is 5.83. The number of ether oxygens (including phenoxy) is 1. The summed E-state index contributed by atoms with van der Waals surface area (Å²) < 4.78 is 5.17. The van der Waals surface area contributed by atoms with Crippen LogP contribution in [0.25, 0.3) is 0 Å². The average molecular weight is 342 g/mol. The monoisotopic (exact) mass is 341 g/mol. The fourth-order valence-corrected chi connectivity index (χ4v) is 2.88. The molecule has 1 aromatic rings. The smallest absolute Gasteiger partial charge is 0.339 e. The van der Waals surface area contributed by atoms with Gasteiger partial charge in [-0.3, -0.25) is 4.79 Å². The molecule has 1 heterocycles. The van der Waals surface area contributed by atoms with E-state index in [0.717, 1.165) is 0 Å². The number of halogens is 1. The van der Waals surface area contributed by atoms with Gasteiger partial charge in [-0.05, 0) is 34.0 Å². The molecule has 1 unspecified atom stereocenters. The third-order valence-electron chi connectivity index (χ3n) is 3.34. The lowest BCUT2D eigenvalue weighted by atomic mass is 10.1. The number of phenolic OH excluding ortho intramolecular Hbond substituents is 1. The summed E-state index contributed by atoms with van der Waals surface area (Å²) in [6, 6.07) is 3.01. The summed E-state index contributed by atoms with van der Waals surface area (Å²) in [7, 11) is 1.28. The molecule has 0 radical (unpaired) electrons. The summed E-state index contributed by atoms with van der Waals surface area (Å²) in [5.74, 6) is -0.113. The number of esters is 1. The van der Waals surface area contributed by atoms with E-state index in [1.807, 2.05) is 6.92 Å². The number of aromatic hydroxyl groups is 1. The normalized spacial score (nSPS) is 18.4. The van der Waals surface area contributed by atoms with Crippen LogP contribution in [0.5, 0.6) is 5.75 Å². The second-order valence-electron chi connectivity index (χ2n) is 5.04. The van der Waals surface area contributed by atoms with Crippen LogP contribution in [-0.4, -0.2) is 35.5 Å². The molecule has 0 spiro atoms. The lowest BCUT2D eigenvalue weighted by molar-refractivity contribution is -0.128. The number of carbonyl (C=O) groups is 2. The van der Waals surface area contributed by atoms with Crippen molar-refractivity contribution >= 4 is 27.8 Å². The highest BCUT2D eigenvalue weighted by Crippen LogP contribution is 2.29. The zero-order valence-corrected chi connectivity index (χ0v) is 12.9. The van der Waals surface area contributed by atoms with Gasteiger partial charge in [0, 0.05) is 29.5 Å². The zero-order valence-electron chi connectivity index (χ0n) is 11.4. The topological polar surface area (TPSA) is 66.8 Å². The highest BCUT2D eigenvalue weighted by molar-refractivity contribution is 9.10. The van der Waals surface area contributed by atoms with Crippen LogP contribution in [0.2, 0.25) is 0 Å². The van der Waals surface area contributed by atoms with Crippen molar-refractivity contribution in [2.24, 2.45) is 5.92 Å². The zero-order chi connectivity index (χ0) is 14.9. The van der Waals surface area contributed by atoms with Gasteiger partial charge in [0.2, 0.25) is 5.91 Å². The van der Waals surface area contributed by atoms with E-state index in [-0.39, 0.29) is 17.2 Å². The molecule has 108 valence electrons. The van der Waals surface area contributed by atoms with Crippen molar-refractivity contribution in [2.45, 2.75) is 19.9 Å². The Morgan fingerprint density at radius 3 is 2.80 bits per heavy atom. The minimum absolute atomic E-state index is 0.0130. The molecule has 1 aliphatic heterocycles. The lowest BCUT2D eigenvalue weighted by Crippen LogP contribution is -2.24. The number of hydrogen-bond donors (Lipinski definition) is 1. The molecule has 2 rings (SSSR count). The Morgan fingerprint density at radius 2 is 2.25 bits per heavy atom. The number of benzene rings is 1. The van der Waals surface area contributed by atoms with Crippen LogP contribution in [0.3, 0.4) is 0 Å². The van der Waals surface area contributed by atoms with Crippen LogP contribution in [-0.2, 0) is 16.1 Å². The quantitative estimate of drug-likeness (QED) is 0.856. The number of nitrogens with zero attached hydrogens (tertiary/aromatic N) is 1. The molecule has 0 bridgehead atoms. The van der Waals surface area contributed by atoms with Gasteiger partial charge in [-0.1, -0.05) is 6.92 Å². The molecular weight excluding hydrogens is 326 g/mol. The minimum Gasteiger partial charge on any atom is -0.508 e. The highest BCUT2D eigenvalue weighted by Gasteiger charge is 2.27. The maximum absolute atomic E-state index is 11.8. The van der Waals surface area contributed by atoms with Crippen LogP contribution in [0, 0.1) is 5.92 Å². The van der Waals surface area contributed by atoms with Gasteiger partial charge in [-0.2, -0.15) is 0 Å². The van der Waals surface area contributed by atoms with Crippen LogP contribution >= 0.6 is 15.9 Å². The molecule has 1 amide bonds. The van der Waals surface area contributed by atoms with Gasteiger partial charge in [-0.15, -0.1) is 0 Å². The largest absolute Gasteiger partial charge is 0.508 e. The van der Waals surface area contributed by atoms with Crippen LogP contribution in [0.4, 0.5) is 0 Å². The first kappa shape index (κ1) is 14.8. The molecule has 0 aromatic heterocycles. The predicted octanol–water partition coefficient (Wildman–Crippen LogP) is 2.31. The van der Waals surface area contributed by atoms with Crippen molar-refractivity contribution < 1.29 is 19.4 Å². The van der Waals surface area contributed by atoms with Crippen LogP contribution in [0.15, 0.2) is 16.6 Å². The number of hydrogen-bond acceptors (Lipinski definition) is 4. The first-order chi connectivity index (χ1) is 9.42. The molecule has 5 nitrogen and oxygen atoms in total. The van der Waals surface area contributed by atoms with E-state index >= 15 is 0 Å². The maximum atomic E-state index is 11.8. The fourth-order valence-electron chi connectivity index (χ4n) is 2.32. The number of amides is 1. The molecular formula is C14H16BrNO4. The van der Waals surface area contributed by atoms with Crippen molar-refractivity contribution in [3.63, 3.8) is 0 Å². The molecule has 1 aromatic carbocycles.